The number of aliphatic hydroxyl groups excluding tert-OH is 1. The monoisotopic (exact) mass is 215 g/mol. The van der Waals surface area contributed by atoms with Crippen molar-refractivity contribution in [2.24, 2.45) is 11.3 Å². The molecule has 1 aliphatic rings. The molecular weight excluding hydrogens is 190 g/mol. The van der Waals surface area contributed by atoms with Crippen molar-refractivity contribution < 1.29 is 9.84 Å². The average Bonchev–Trinajstić information content (AvgIpc) is 2.17. The van der Waals surface area contributed by atoms with E-state index in [1.165, 1.54) is 0 Å². The normalized spacial score (nSPS) is 21.6. The van der Waals surface area contributed by atoms with Gasteiger partial charge in [-0.05, 0) is 24.2 Å². The van der Waals surface area contributed by atoms with E-state index in [4.69, 9.17) is 4.74 Å². The summed E-state index contributed by atoms with van der Waals surface area (Å²) >= 11 is 0. The number of hydrogen-bond donors (Lipinski definition) is 2. The summed E-state index contributed by atoms with van der Waals surface area (Å²) in [6.07, 6.45) is 1.78. The van der Waals surface area contributed by atoms with Gasteiger partial charge in [-0.25, -0.2) is 0 Å². The molecule has 3 nitrogen and oxygen atoms in total. The molecule has 0 bridgehead atoms. The Morgan fingerprint density at radius 2 is 1.93 bits per heavy atom. The Kier molecular flexibility index (Phi) is 5.03. The molecule has 1 saturated heterocycles. The van der Waals surface area contributed by atoms with Crippen LogP contribution in [0.15, 0.2) is 0 Å². The zero-order valence-corrected chi connectivity index (χ0v) is 10.3. The number of hydrogen-bond acceptors (Lipinski definition) is 3. The highest BCUT2D eigenvalue weighted by Crippen LogP contribution is 2.18. The lowest BCUT2D eigenvalue weighted by Gasteiger charge is -2.28. The van der Waals surface area contributed by atoms with Crippen molar-refractivity contribution in [2.45, 2.75) is 39.7 Å². The van der Waals surface area contributed by atoms with Gasteiger partial charge in [-0.2, -0.15) is 0 Å². The number of aliphatic hydroxyl groups is 1. The van der Waals surface area contributed by atoms with Gasteiger partial charge in [0, 0.05) is 26.3 Å². The Balaban J connectivity index is 2.14. The van der Waals surface area contributed by atoms with Crippen LogP contribution in [0.2, 0.25) is 0 Å². The van der Waals surface area contributed by atoms with E-state index in [0.717, 1.165) is 32.6 Å². The van der Waals surface area contributed by atoms with Crippen LogP contribution < -0.4 is 5.32 Å². The van der Waals surface area contributed by atoms with E-state index < -0.39 is 0 Å². The summed E-state index contributed by atoms with van der Waals surface area (Å²) < 4.78 is 5.28. The first-order valence-corrected chi connectivity index (χ1v) is 5.95. The van der Waals surface area contributed by atoms with E-state index in [9.17, 15) is 5.11 Å². The lowest BCUT2D eigenvalue weighted by Crippen LogP contribution is -2.38. The van der Waals surface area contributed by atoms with Crippen LogP contribution in [0.3, 0.4) is 0 Å². The molecule has 1 heterocycles. The molecule has 0 aromatic carbocycles. The average molecular weight is 215 g/mol. The van der Waals surface area contributed by atoms with Crippen molar-refractivity contribution in [2.75, 3.05) is 26.3 Å². The van der Waals surface area contributed by atoms with Crippen LogP contribution in [0.5, 0.6) is 0 Å². The number of rotatable bonds is 4. The molecule has 0 aromatic heterocycles. The van der Waals surface area contributed by atoms with Crippen molar-refractivity contribution in [3.8, 4) is 0 Å². The van der Waals surface area contributed by atoms with Crippen LogP contribution in [0.4, 0.5) is 0 Å². The molecule has 1 atom stereocenters. The Morgan fingerprint density at radius 3 is 2.47 bits per heavy atom. The van der Waals surface area contributed by atoms with Crippen molar-refractivity contribution >= 4 is 0 Å². The van der Waals surface area contributed by atoms with Crippen LogP contribution in [0.1, 0.15) is 33.6 Å². The highest BCUT2D eigenvalue weighted by atomic mass is 16.5. The van der Waals surface area contributed by atoms with Gasteiger partial charge >= 0.3 is 0 Å². The minimum Gasteiger partial charge on any atom is -0.392 e. The van der Waals surface area contributed by atoms with Crippen molar-refractivity contribution in [1.29, 1.82) is 0 Å². The lowest BCUT2D eigenvalue weighted by atomic mass is 9.93. The summed E-state index contributed by atoms with van der Waals surface area (Å²) in [5.41, 5.74) is 0.287. The third-order valence-electron chi connectivity index (χ3n) is 2.82. The SMILES string of the molecule is CC(C)(C)CNCC(O)C1CCOCC1. The van der Waals surface area contributed by atoms with Crippen LogP contribution >= 0.6 is 0 Å². The first-order valence-electron chi connectivity index (χ1n) is 5.95. The largest absolute Gasteiger partial charge is 0.392 e. The second-order valence-corrected chi connectivity index (χ2v) is 5.71. The molecule has 1 rings (SSSR count). The fourth-order valence-corrected chi connectivity index (χ4v) is 1.86. The fraction of sp³-hybridized carbons (Fsp3) is 1.00. The highest BCUT2D eigenvalue weighted by Gasteiger charge is 2.22. The van der Waals surface area contributed by atoms with Crippen molar-refractivity contribution in [3.05, 3.63) is 0 Å². The molecule has 0 radical (unpaired) electrons. The van der Waals surface area contributed by atoms with Crippen molar-refractivity contribution in [1.82, 2.24) is 5.32 Å². The first kappa shape index (κ1) is 12.9. The number of ether oxygens (including phenoxy) is 1. The molecule has 1 aliphatic heterocycles. The molecule has 1 fully saturated rings. The standard InChI is InChI=1S/C12H25NO2/c1-12(2,3)9-13-8-11(14)10-4-6-15-7-5-10/h10-11,13-14H,4-9H2,1-3H3. The van der Waals surface area contributed by atoms with Gasteiger partial charge in [0.05, 0.1) is 6.10 Å². The maximum atomic E-state index is 9.95. The predicted octanol–water partition coefficient (Wildman–Crippen LogP) is 1.41. The van der Waals surface area contributed by atoms with Crippen LogP contribution in [0.25, 0.3) is 0 Å². The lowest BCUT2D eigenvalue weighted by molar-refractivity contribution is 0.00799. The zero-order chi connectivity index (χ0) is 11.3. The summed E-state index contributed by atoms with van der Waals surface area (Å²) in [6, 6.07) is 0. The van der Waals surface area contributed by atoms with Gasteiger partial charge in [-0.1, -0.05) is 20.8 Å². The zero-order valence-electron chi connectivity index (χ0n) is 10.3. The van der Waals surface area contributed by atoms with Gasteiger partial charge in [-0.3, -0.25) is 0 Å². The molecule has 0 amide bonds. The van der Waals surface area contributed by atoms with Gasteiger partial charge in [0.25, 0.3) is 0 Å². The third kappa shape index (κ3) is 5.50. The van der Waals surface area contributed by atoms with E-state index >= 15 is 0 Å². The molecule has 2 N–H and O–H groups in total. The maximum absolute atomic E-state index is 9.95. The molecule has 0 saturated carbocycles. The van der Waals surface area contributed by atoms with Gasteiger partial charge < -0.3 is 15.2 Å². The minimum atomic E-state index is -0.212. The number of nitrogens with one attached hydrogen (secondary N) is 1. The predicted molar refractivity (Wildman–Crippen MR) is 61.9 cm³/mol. The smallest absolute Gasteiger partial charge is 0.0694 e. The first-order chi connectivity index (χ1) is 6.99. The highest BCUT2D eigenvalue weighted by molar-refractivity contribution is 4.75. The molecule has 15 heavy (non-hydrogen) atoms. The van der Waals surface area contributed by atoms with Crippen molar-refractivity contribution in [3.63, 3.8) is 0 Å². The van der Waals surface area contributed by atoms with Gasteiger partial charge in [0.1, 0.15) is 0 Å². The minimum absolute atomic E-state index is 0.212. The summed E-state index contributed by atoms with van der Waals surface area (Å²) in [4.78, 5) is 0. The molecule has 1 unspecified atom stereocenters. The summed E-state index contributed by atoms with van der Waals surface area (Å²) in [5.74, 6) is 0.422. The fourth-order valence-electron chi connectivity index (χ4n) is 1.86. The van der Waals surface area contributed by atoms with Crippen LogP contribution in [0, 0.1) is 11.3 Å². The second-order valence-electron chi connectivity index (χ2n) is 5.71. The molecular formula is C12H25NO2. The Morgan fingerprint density at radius 1 is 1.33 bits per heavy atom. The molecule has 0 aromatic rings. The van der Waals surface area contributed by atoms with Gasteiger partial charge in [0.2, 0.25) is 0 Å². The van der Waals surface area contributed by atoms with E-state index in [0.29, 0.717) is 12.5 Å². The summed E-state index contributed by atoms with van der Waals surface area (Å²) in [7, 11) is 0. The van der Waals surface area contributed by atoms with Crippen LogP contribution in [-0.2, 0) is 4.74 Å². The van der Waals surface area contributed by atoms with Gasteiger partial charge in [-0.15, -0.1) is 0 Å². The Bertz CT molecular complexity index is 171. The third-order valence-corrected chi connectivity index (χ3v) is 2.82. The summed E-state index contributed by atoms with van der Waals surface area (Å²) in [5, 5.41) is 13.3. The molecule has 0 spiro atoms. The topological polar surface area (TPSA) is 41.5 Å². The Hall–Kier alpha value is -0.120. The molecule has 0 aliphatic carbocycles. The maximum Gasteiger partial charge on any atom is 0.0694 e. The Labute approximate surface area is 93.2 Å². The van der Waals surface area contributed by atoms with E-state index in [2.05, 4.69) is 26.1 Å². The molecule has 90 valence electrons. The van der Waals surface area contributed by atoms with Gasteiger partial charge in [0.15, 0.2) is 0 Å². The van der Waals surface area contributed by atoms with E-state index in [1.807, 2.05) is 0 Å². The second kappa shape index (κ2) is 5.83. The van der Waals surface area contributed by atoms with E-state index in [1.54, 1.807) is 0 Å². The quantitative estimate of drug-likeness (QED) is 0.745. The van der Waals surface area contributed by atoms with Crippen LogP contribution in [-0.4, -0.2) is 37.5 Å². The molecule has 3 heteroatoms. The summed E-state index contributed by atoms with van der Waals surface area (Å²) in [6.45, 7) is 9.86. The van der Waals surface area contributed by atoms with E-state index in [-0.39, 0.29) is 11.5 Å².